The lowest BCUT2D eigenvalue weighted by Gasteiger charge is -2.11. The standard InChI is InChI=1S/C20H15ClF4N4O4/c1-10-4-2-3-5-14(10)33-13-7-11(6-12(8-13)29(31)32)26-15(30)9-28-18(20(24)25)16(21)17(27-28)19(22)23/h2-8,19-20H,9H2,1H3,(H,26,30). The zero-order valence-electron chi connectivity index (χ0n) is 16.8. The summed E-state index contributed by atoms with van der Waals surface area (Å²) in [6.07, 6.45) is -6.49. The van der Waals surface area contributed by atoms with E-state index in [1.165, 1.54) is 6.07 Å². The number of halogens is 5. The number of benzene rings is 2. The van der Waals surface area contributed by atoms with Crippen LogP contribution in [0.25, 0.3) is 0 Å². The summed E-state index contributed by atoms with van der Waals surface area (Å²) in [7, 11) is 0. The summed E-state index contributed by atoms with van der Waals surface area (Å²) in [5.74, 6) is -0.508. The second kappa shape index (κ2) is 9.86. The average molecular weight is 487 g/mol. The number of hydrogen-bond donors (Lipinski definition) is 1. The highest BCUT2D eigenvalue weighted by Gasteiger charge is 2.28. The monoisotopic (exact) mass is 486 g/mol. The highest BCUT2D eigenvalue weighted by Crippen LogP contribution is 2.35. The zero-order chi connectivity index (χ0) is 24.3. The second-order valence-electron chi connectivity index (χ2n) is 6.73. The van der Waals surface area contributed by atoms with Gasteiger partial charge >= 0.3 is 0 Å². The number of carbonyl (C=O) groups excluding carboxylic acids is 1. The van der Waals surface area contributed by atoms with Gasteiger partial charge in [0.2, 0.25) is 5.91 Å². The van der Waals surface area contributed by atoms with Gasteiger partial charge in [0.1, 0.15) is 29.4 Å². The molecule has 0 unspecified atom stereocenters. The number of nitro benzene ring substituents is 1. The number of amides is 1. The van der Waals surface area contributed by atoms with Crippen molar-refractivity contribution >= 4 is 28.9 Å². The molecule has 13 heteroatoms. The Morgan fingerprint density at radius 3 is 2.52 bits per heavy atom. The molecule has 1 heterocycles. The Morgan fingerprint density at radius 2 is 1.91 bits per heavy atom. The minimum atomic E-state index is -3.27. The molecule has 0 aliphatic rings. The molecule has 33 heavy (non-hydrogen) atoms. The van der Waals surface area contributed by atoms with Crippen LogP contribution in [0.15, 0.2) is 42.5 Å². The first-order valence-electron chi connectivity index (χ1n) is 9.22. The molecule has 174 valence electrons. The van der Waals surface area contributed by atoms with Crippen molar-refractivity contribution in [3.8, 4) is 11.5 Å². The Labute approximate surface area is 188 Å². The van der Waals surface area contributed by atoms with Crippen LogP contribution < -0.4 is 10.1 Å². The van der Waals surface area contributed by atoms with Crippen LogP contribution in [0.1, 0.15) is 29.8 Å². The van der Waals surface area contributed by atoms with E-state index in [1.54, 1.807) is 31.2 Å². The van der Waals surface area contributed by atoms with E-state index >= 15 is 0 Å². The van der Waals surface area contributed by atoms with E-state index in [-0.39, 0.29) is 11.4 Å². The molecular formula is C20H15ClF4N4O4. The molecule has 0 saturated carbocycles. The fourth-order valence-corrected chi connectivity index (χ4v) is 3.20. The van der Waals surface area contributed by atoms with Crippen LogP contribution in [0.3, 0.4) is 0 Å². The molecule has 1 N–H and O–H groups in total. The van der Waals surface area contributed by atoms with Gasteiger partial charge in [-0.25, -0.2) is 17.6 Å². The lowest BCUT2D eigenvalue weighted by atomic mass is 10.2. The number of ether oxygens (including phenoxy) is 1. The predicted molar refractivity (Wildman–Crippen MR) is 110 cm³/mol. The summed E-state index contributed by atoms with van der Waals surface area (Å²) in [5, 5.41) is 15.9. The number of alkyl halides is 4. The molecule has 0 bridgehead atoms. The molecule has 0 radical (unpaired) electrons. The first-order chi connectivity index (χ1) is 15.6. The quantitative estimate of drug-likeness (QED) is 0.237. The van der Waals surface area contributed by atoms with Crippen molar-refractivity contribution in [3.05, 3.63) is 74.6 Å². The van der Waals surface area contributed by atoms with E-state index in [9.17, 15) is 32.5 Å². The Kier molecular flexibility index (Phi) is 7.16. The molecule has 8 nitrogen and oxygen atoms in total. The van der Waals surface area contributed by atoms with Crippen molar-refractivity contribution < 1.29 is 32.0 Å². The first-order valence-corrected chi connectivity index (χ1v) is 9.59. The largest absolute Gasteiger partial charge is 0.457 e. The minimum Gasteiger partial charge on any atom is -0.457 e. The van der Waals surface area contributed by atoms with Gasteiger partial charge in [-0.1, -0.05) is 29.8 Å². The number of rotatable bonds is 8. The van der Waals surface area contributed by atoms with Crippen LogP contribution in [-0.2, 0) is 11.3 Å². The fourth-order valence-electron chi connectivity index (χ4n) is 2.90. The van der Waals surface area contributed by atoms with Crippen LogP contribution in [0.2, 0.25) is 5.02 Å². The van der Waals surface area contributed by atoms with Crippen LogP contribution in [0.5, 0.6) is 11.5 Å². The molecule has 0 spiro atoms. The predicted octanol–water partition coefficient (Wildman–Crippen LogP) is 6.06. The van der Waals surface area contributed by atoms with E-state index in [1.807, 2.05) is 0 Å². The second-order valence-corrected chi connectivity index (χ2v) is 7.11. The molecule has 0 saturated heterocycles. The smallest absolute Gasteiger partial charge is 0.283 e. The van der Waals surface area contributed by atoms with Gasteiger partial charge in [0, 0.05) is 12.1 Å². The summed E-state index contributed by atoms with van der Waals surface area (Å²) in [4.78, 5) is 23.0. The van der Waals surface area contributed by atoms with Gasteiger partial charge in [0.15, 0.2) is 0 Å². The third-order valence-corrected chi connectivity index (χ3v) is 4.76. The van der Waals surface area contributed by atoms with Gasteiger partial charge in [0.25, 0.3) is 18.5 Å². The normalized spacial score (nSPS) is 11.2. The van der Waals surface area contributed by atoms with Crippen molar-refractivity contribution in [1.29, 1.82) is 0 Å². The van der Waals surface area contributed by atoms with Crippen LogP contribution in [0, 0.1) is 17.0 Å². The molecule has 1 aromatic heterocycles. The number of nitrogens with zero attached hydrogens (tertiary/aromatic N) is 3. The van der Waals surface area contributed by atoms with Crippen molar-refractivity contribution in [2.45, 2.75) is 26.3 Å². The highest BCUT2D eigenvalue weighted by atomic mass is 35.5. The molecule has 0 aliphatic carbocycles. The molecule has 3 rings (SSSR count). The summed E-state index contributed by atoms with van der Waals surface area (Å²) >= 11 is 5.56. The van der Waals surface area contributed by atoms with E-state index in [0.29, 0.717) is 10.4 Å². The van der Waals surface area contributed by atoms with Gasteiger partial charge in [-0.3, -0.25) is 19.6 Å². The maximum atomic E-state index is 13.3. The molecule has 1 amide bonds. The van der Waals surface area contributed by atoms with Crippen LogP contribution in [-0.4, -0.2) is 20.6 Å². The zero-order valence-corrected chi connectivity index (χ0v) is 17.5. The Morgan fingerprint density at radius 1 is 1.21 bits per heavy atom. The molecule has 3 aromatic rings. The number of hydrogen-bond acceptors (Lipinski definition) is 5. The van der Waals surface area contributed by atoms with Crippen LogP contribution >= 0.6 is 11.6 Å². The number of non-ortho nitro benzene ring substituents is 1. The fraction of sp³-hybridized carbons (Fsp3) is 0.200. The summed E-state index contributed by atoms with van der Waals surface area (Å²) < 4.78 is 58.5. The molecular weight excluding hydrogens is 472 g/mol. The highest BCUT2D eigenvalue weighted by molar-refractivity contribution is 6.32. The third-order valence-electron chi connectivity index (χ3n) is 4.37. The molecule has 0 atom stereocenters. The van der Waals surface area contributed by atoms with Gasteiger partial charge in [-0.05, 0) is 18.6 Å². The SMILES string of the molecule is Cc1ccccc1Oc1cc(NC(=O)Cn2nc(C(F)F)c(Cl)c2C(F)F)cc([N+](=O)[O-])c1. The van der Waals surface area contributed by atoms with E-state index in [2.05, 4.69) is 10.4 Å². The van der Waals surface area contributed by atoms with Crippen molar-refractivity contribution in [2.24, 2.45) is 0 Å². The Hall–Kier alpha value is -3.67. The van der Waals surface area contributed by atoms with Gasteiger partial charge in [-0.2, -0.15) is 5.10 Å². The molecule has 2 aromatic carbocycles. The first kappa shape index (κ1) is 24.0. The topological polar surface area (TPSA) is 99.3 Å². The number of nitrogens with one attached hydrogen (secondary N) is 1. The van der Waals surface area contributed by atoms with Gasteiger partial charge in [-0.15, -0.1) is 0 Å². The molecule has 0 fully saturated rings. The Bertz CT molecular complexity index is 1200. The van der Waals surface area contributed by atoms with Crippen LogP contribution in [0.4, 0.5) is 28.9 Å². The van der Waals surface area contributed by atoms with E-state index in [4.69, 9.17) is 16.3 Å². The van der Waals surface area contributed by atoms with Gasteiger partial charge in [0.05, 0.1) is 21.7 Å². The average Bonchev–Trinajstić information content (AvgIpc) is 3.05. The lowest BCUT2D eigenvalue weighted by Crippen LogP contribution is -2.21. The summed E-state index contributed by atoms with van der Waals surface area (Å²) in [5.41, 5.74) is -1.86. The Balaban J connectivity index is 1.86. The number of para-hydroxylation sites is 1. The molecule has 0 aliphatic heterocycles. The summed E-state index contributed by atoms with van der Waals surface area (Å²) in [6.45, 7) is 0.877. The number of aryl methyl sites for hydroxylation is 1. The third kappa shape index (κ3) is 5.58. The number of aromatic nitrogens is 2. The maximum Gasteiger partial charge on any atom is 0.283 e. The van der Waals surface area contributed by atoms with E-state index in [0.717, 1.165) is 17.7 Å². The van der Waals surface area contributed by atoms with Crippen molar-refractivity contribution in [2.75, 3.05) is 5.32 Å². The maximum absolute atomic E-state index is 13.3. The number of anilines is 1. The summed E-state index contributed by atoms with van der Waals surface area (Å²) in [6, 6.07) is 10.3. The number of nitro groups is 1. The van der Waals surface area contributed by atoms with Crippen molar-refractivity contribution in [3.63, 3.8) is 0 Å². The number of carbonyl (C=O) groups is 1. The van der Waals surface area contributed by atoms with Crippen molar-refractivity contribution in [1.82, 2.24) is 9.78 Å². The lowest BCUT2D eigenvalue weighted by molar-refractivity contribution is -0.384. The van der Waals surface area contributed by atoms with E-state index < -0.39 is 52.3 Å². The minimum absolute atomic E-state index is 0.0317. The van der Waals surface area contributed by atoms with Gasteiger partial charge < -0.3 is 10.1 Å².